The monoisotopic (exact) mass is 549 g/mol. The van der Waals surface area contributed by atoms with Crippen molar-refractivity contribution in [2.24, 2.45) is 11.8 Å². The molecule has 3 aromatic rings. The highest BCUT2D eigenvalue weighted by Gasteiger charge is 2.22. The molecule has 1 N–H and O–H groups in total. The lowest BCUT2D eigenvalue weighted by Crippen LogP contribution is -2.31. The number of rotatable bonds is 10. The van der Waals surface area contributed by atoms with Gasteiger partial charge in [0.05, 0.1) is 34.8 Å². The molecule has 1 heterocycles. The van der Waals surface area contributed by atoms with Gasteiger partial charge in [-0.05, 0) is 73.9 Å². The molecule has 1 fully saturated rings. The second kappa shape index (κ2) is 11.7. The average Bonchev–Trinajstić information content (AvgIpc) is 3.28. The van der Waals surface area contributed by atoms with Crippen molar-refractivity contribution in [3.05, 3.63) is 53.2 Å². The lowest BCUT2D eigenvalue weighted by atomic mass is 9.82. The van der Waals surface area contributed by atoms with Gasteiger partial charge in [-0.1, -0.05) is 11.6 Å². The molecule has 4 rings (SSSR count). The Morgan fingerprint density at radius 1 is 1.11 bits per heavy atom. The van der Waals surface area contributed by atoms with Gasteiger partial charge in [-0.3, -0.25) is 0 Å². The van der Waals surface area contributed by atoms with Gasteiger partial charge in [-0.15, -0.1) is 11.6 Å². The summed E-state index contributed by atoms with van der Waals surface area (Å²) in [6, 6.07) is 13.6. The van der Waals surface area contributed by atoms with Crippen LogP contribution >= 0.6 is 23.2 Å². The van der Waals surface area contributed by atoms with E-state index in [1.54, 1.807) is 12.1 Å². The van der Waals surface area contributed by atoms with Gasteiger partial charge in [0.1, 0.15) is 18.4 Å². The molecule has 1 aliphatic rings. The number of ether oxygens (including phenoxy) is 2. The van der Waals surface area contributed by atoms with Gasteiger partial charge < -0.3 is 14.0 Å². The third kappa shape index (κ3) is 6.65. The van der Waals surface area contributed by atoms with Crippen LogP contribution < -0.4 is 14.2 Å². The fraction of sp³-hybridized carbons (Fsp3) is 0.423. The zero-order valence-electron chi connectivity index (χ0n) is 20.0. The van der Waals surface area contributed by atoms with Gasteiger partial charge in [0, 0.05) is 23.8 Å². The van der Waals surface area contributed by atoms with Gasteiger partial charge in [-0.25, -0.2) is 13.1 Å². The van der Waals surface area contributed by atoms with Crippen LogP contribution in [0.15, 0.2) is 42.6 Å². The van der Waals surface area contributed by atoms with E-state index >= 15 is 0 Å². The van der Waals surface area contributed by atoms with Gasteiger partial charge in [0.15, 0.2) is 5.75 Å². The molecule has 0 spiro atoms. The molecule has 0 unspecified atom stereocenters. The second-order valence-corrected chi connectivity index (χ2v) is 11.8. The Morgan fingerprint density at radius 3 is 2.56 bits per heavy atom. The maximum atomic E-state index is 11.3. The molecule has 1 aromatic heterocycles. The Labute approximate surface area is 221 Å². The normalized spacial score (nSPS) is 18.2. The van der Waals surface area contributed by atoms with Crippen molar-refractivity contribution >= 4 is 44.1 Å². The van der Waals surface area contributed by atoms with E-state index in [9.17, 15) is 13.7 Å². The Hall–Kier alpha value is -2.44. The van der Waals surface area contributed by atoms with E-state index in [1.165, 1.54) is 6.26 Å². The number of alkyl halides is 1. The van der Waals surface area contributed by atoms with Crippen molar-refractivity contribution in [2.45, 2.75) is 25.7 Å². The first-order valence-corrected chi connectivity index (χ1v) is 14.7. The Kier molecular flexibility index (Phi) is 8.68. The van der Waals surface area contributed by atoms with Gasteiger partial charge in [0.2, 0.25) is 10.0 Å². The molecule has 0 saturated heterocycles. The molecule has 7 nitrogen and oxygen atoms in total. The molecule has 0 radical (unpaired) electrons. The number of aromatic nitrogens is 1. The first-order chi connectivity index (χ1) is 17.3. The van der Waals surface area contributed by atoms with Crippen molar-refractivity contribution < 1.29 is 17.9 Å². The van der Waals surface area contributed by atoms with Crippen molar-refractivity contribution in [1.82, 2.24) is 9.29 Å². The van der Waals surface area contributed by atoms with Gasteiger partial charge in [-0.2, -0.15) is 5.26 Å². The van der Waals surface area contributed by atoms with Crippen LogP contribution in [-0.4, -0.2) is 44.9 Å². The lowest BCUT2D eigenvalue weighted by Gasteiger charge is -2.28. The summed E-state index contributed by atoms with van der Waals surface area (Å²) < 4.78 is 38.9. The number of hydrogen-bond acceptors (Lipinski definition) is 5. The predicted octanol–water partition coefficient (Wildman–Crippen LogP) is 5.51. The third-order valence-electron chi connectivity index (χ3n) is 6.50. The second-order valence-electron chi connectivity index (χ2n) is 9.18. The molecular weight excluding hydrogens is 521 g/mol. The molecule has 1 saturated carbocycles. The quantitative estimate of drug-likeness (QED) is 0.336. The summed E-state index contributed by atoms with van der Waals surface area (Å²) in [6.45, 7) is 1.43. The maximum Gasteiger partial charge on any atom is 0.208 e. The summed E-state index contributed by atoms with van der Waals surface area (Å²) in [5.74, 6) is 2.31. The van der Waals surface area contributed by atoms with E-state index in [1.807, 2.05) is 35.0 Å². The van der Waals surface area contributed by atoms with E-state index in [2.05, 4.69) is 10.8 Å². The zero-order valence-corrected chi connectivity index (χ0v) is 22.4. The largest absolute Gasteiger partial charge is 0.493 e. The Morgan fingerprint density at radius 2 is 1.86 bits per heavy atom. The topological polar surface area (TPSA) is 93.3 Å². The SMILES string of the molecule is CS(=O)(=O)NC[C@H]1CC[C@H](COc2ccc3c(ccn3-c3cc(Cl)c(OCCCl)c(C#N)c3)c2)CC1. The molecule has 0 atom stereocenters. The highest BCUT2D eigenvalue weighted by atomic mass is 35.5. The Balaban J connectivity index is 1.40. The molecule has 1 aliphatic carbocycles. The minimum Gasteiger partial charge on any atom is -0.493 e. The van der Waals surface area contributed by atoms with Crippen LogP contribution in [0.3, 0.4) is 0 Å². The van der Waals surface area contributed by atoms with E-state index in [4.69, 9.17) is 32.7 Å². The molecule has 36 heavy (non-hydrogen) atoms. The highest BCUT2D eigenvalue weighted by Crippen LogP contribution is 2.34. The summed E-state index contributed by atoms with van der Waals surface area (Å²) in [4.78, 5) is 0. The highest BCUT2D eigenvalue weighted by molar-refractivity contribution is 7.88. The molecule has 0 amide bonds. The molecular formula is C26H29Cl2N3O4S. The number of halogens is 2. The number of benzene rings is 2. The Bertz CT molecular complexity index is 1360. The number of nitrogens with zero attached hydrogens (tertiary/aromatic N) is 2. The number of sulfonamides is 1. The average molecular weight is 551 g/mol. The number of hydrogen-bond donors (Lipinski definition) is 1. The minimum absolute atomic E-state index is 0.270. The molecule has 0 bridgehead atoms. The first kappa shape index (κ1) is 26.6. The standard InChI is InChI=1S/C26H29Cl2N3O4S/c1-36(32,33)30-16-18-2-4-19(5-3-18)17-35-23-6-7-25-20(13-23)8-10-31(25)22-12-21(15-29)26(24(28)14-22)34-11-9-27/h6-8,10,12-14,18-19,30H,2-5,9,11,16-17H2,1H3/t18-,19-. The predicted molar refractivity (Wildman–Crippen MR) is 143 cm³/mol. The number of nitriles is 1. The summed E-state index contributed by atoms with van der Waals surface area (Å²) in [5.41, 5.74) is 2.09. The molecule has 0 aliphatic heterocycles. The van der Waals surface area contributed by atoms with Crippen LogP contribution in [0.5, 0.6) is 11.5 Å². The number of fused-ring (bicyclic) bond motifs is 1. The lowest BCUT2D eigenvalue weighted by molar-refractivity contribution is 0.183. The van der Waals surface area contributed by atoms with E-state index in [0.717, 1.165) is 48.0 Å². The van der Waals surface area contributed by atoms with Crippen LogP contribution in [0.25, 0.3) is 16.6 Å². The van der Waals surface area contributed by atoms with E-state index in [0.29, 0.717) is 47.2 Å². The van der Waals surface area contributed by atoms with E-state index < -0.39 is 10.0 Å². The maximum absolute atomic E-state index is 11.3. The molecule has 10 heteroatoms. The minimum atomic E-state index is -3.14. The van der Waals surface area contributed by atoms with Crippen LogP contribution in [0, 0.1) is 23.2 Å². The first-order valence-electron chi connectivity index (χ1n) is 11.9. The summed E-state index contributed by atoms with van der Waals surface area (Å²) in [7, 11) is -3.14. The number of nitrogens with one attached hydrogen (secondary N) is 1. The fourth-order valence-corrected chi connectivity index (χ4v) is 5.49. The van der Waals surface area contributed by atoms with E-state index in [-0.39, 0.29) is 6.61 Å². The smallest absolute Gasteiger partial charge is 0.208 e. The van der Waals surface area contributed by atoms with Gasteiger partial charge in [0.25, 0.3) is 0 Å². The fourth-order valence-electron chi connectivity index (χ4n) is 4.61. The van der Waals surface area contributed by atoms with Crippen molar-refractivity contribution in [3.63, 3.8) is 0 Å². The zero-order chi connectivity index (χ0) is 25.7. The molecule has 192 valence electrons. The van der Waals surface area contributed by atoms with Crippen molar-refractivity contribution in [2.75, 3.05) is 31.9 Å². The van der Waals surface area contributed by atoms with Crippen LogP contribution in [0.1, 0.15) is 31.2 Å². The third-order valence-corrected chi connectivity index (χ3v) is 7.62. The van der Waals surface area contributed by atoms with Gasteiger partial charge >= 0.3 is 0 Å². The summed E-state index contributed by atoms with van der Waals surface area (Å²) in [6.07, 6.45) is 7.20. The summed E-state index contributed by atoms with van der Waals surface area (Å²) >= 11 is 12.1. The van der Waals surface area contributed by atoms with Crippen molar-refractivity contribution in [1.29, 1.82) is 5.26 Å². The van der Waals surface area contributed by atoms with Crippen molar-refractivity contribution in [3.8, 4) is 23.3 Å². The van der Waals surface area contributed by atoms with Crippen LogP contribution in [-0.2, 0) is 10.0 Å². The van der Waals surface area contributed by atoms with Crippen LogP contribution in [0.2, 0.25) is 5.02 Å². The molecule has 2 aromatic carbocycles. The van der Waals surface area contributed by atoms with Crippen LogP contribution in [0.4, 0.5) is 0 Å². The summed E-state index contributed by atoms with van der Waals surface area (Å²) in [5, 5.41) is 11.0.